The standard InChI is InChI=1S/C18H29N3/c1-21(2)13-14-7-3-4-9-16(14)20-18-10-5-8-15(18)17-11-6-12-19-17/h3-4,7,9,15,17-20H,5-6,8,10-13H2,1-2H3. The van der Waals surface area contributed by atoms with Gasteiger partial charge in [-0.2, -0.15) is 0 Å². The van der Waals surface area contributed by atoms with E-state index in [4.69, 9.17) is 0 Å². The summed E-state index contributed by atoms with van der Waals surface area (Å²) in [6, 6.07) is 10.2. The van der Waals surface area contributed by atoms with Crippen molar-refractivity contribution in [3.05, 3.63) is 29.8 Å². The molecule has 1 aliphatic heterocycles. The largest absolute Gasteiger partial charge is 0.382 e. The highest BCUT2D eigenvalue weighted by Gasteiger charge is 2.35. The van der Waals surface area contributed by atoms with Gasteiger partial charge in [0.25, 0.3) is 0 Å². The molecule has 1 aromatic rings. The van der Waals surface area contributed by atoms with Crippen LogP contribution in [0.4, 0.5) is 5.69 Å². The van der Waals surface area contributed by atoms with Gasteiger partial charge in [-0.3, -0.25) is 0 Å². The van der Waals surface area contributed by atoms with E-state index in [0.717, 1.165) is 18.5 Å². The van der Waals surface area contributed by atoms with Crippen molar-refractivity contribution in [2.45, 2.75) is 50.7 Å². The molecule has 3 heteroatoms. The number of rotatable bonds is 5. The summed E-state index contributed by atoms with van der Waals surface area (Å²) in [6.07, 6.45) is 6.79. The number of hydrogen-bond acceptors (Lipinski definition) is 3. The van der Waals surface area contributed by atoms with Gasteiger partial charge in [0.15, 0.2) is 0 Å². The molecule has 1 heterocycles. The topological polar surface area (TPSA) is 27.3 Å². The molecule has 1 saturated carbocycles. The fraction of sp³-hybridized carbons (Fsp3) is 0.667. The van der Waals surface area contributed by atoms with Crippen LogP contribution in [0, 0.1) is 5.92 Å². The number of nitrogens with zero attached hydrogens (tertiary/aromatic N) is 1. The van der Waals surface area contributed by atoms with Gasteiger partial charge in [0.1, 0.15) is 0 Å². The van der Waals surface area contributed by atoms with Crippen LogP contribution in [0.15, 0.2) is 24.3 Å². The second-order valence-electron chi connectivity index (χ2n) is 6.94. The van der Waals surface area contributed by atoms with E-state index in [1.807, 2.05) is 0 Å². The van der Waals surface area contributed by atoms with Crippen molar-refractivity contribution in [3.63, 3.8) is 0 Å². The predicted octanol–water partition coefficient (Wildman–Crippen LogP) is 3.08. The van der Waals surface area contributed by atoms with Crippen LogP contribution in [-0.4, -0.2) is 37.6 Å². The average molecular weight is 287 g/mol. The Kier molecular flexibility index (Phi) is 4.81. The van der Waals surface area contributed by atoms with Gasteiger partial charge >= 0.3 is 0 Å². The second kappa shape index (κ2) is 6.80. The molecule has 21 heavy (non-hydrogen) atoms. The third kappa shape index (κ3) is 3.58. The molecule has 0 aromatic heterocycles. The Hall–Kier alpha value is -1.06. The Bertz CT molecular complexity index is 452. The number of para-hydroxylation sites is 1. The molecule has 3 atom stereocenters. The van der Waals surface area contributed by atoms with Crippen molar-refractivity contribution in [2.24, 2.45) is 5.92 Å². The minimum Gasteiger partial charge on any atom is -0.382 e. The van der Waals surface area contributed by atoms with Gasteiger partial charge in [0, 0.05) is 24.3 Å². The quantitative estimate of drug-likeness (QED) is 0.871. The van der Waals surface area contributed by atoms with E-state index >= 15 is 0 Å². The van der Waals surface area contributed by atoms with Crippen molar-refractivity contribution in [1.29, 1.82) is 0 Å². The first-order valence-electron chi connectivity index (χ1n) is 8.46. The van der Waals surface area contributed by atoms with Crippen molar-refractivity contribution in [3.8, 4) is 0 Å². The Balaban J connectivity index is 1.70. The lowest BCUT2D eigenvalue weighted by atomic mass is 9.92. The van der Waals surface area contributed by atoms with E-state index in [1.165, 1.54) is 49.9 Å². The predicted molar refractivity (Wildman–Crippen MR) is 89.6 cm³/mol. The Morgan fingerprint density at radius 3 is 2.76 bits per heavy atom. The fourth-order valence-corrected chi connectivity index (χ4v) is 4.07. The molecule has 3 rings (SSSR count). The molecule has 0 spiro atoms. The van der Waals surface area contributed by atoms with Crippen LogP contribution in [0.5, 0.6) is 0 Å². The van der Waals surface area contributed by atoms with Gasteiger partial charge in [0.05, 0.1) is 0 Å². The molecule has 1 saturated heterocycles. The highest BCUT2D eigenvalue weighted by Crippen LogP contribution is 2.34. The van der Waals surface area contributed by atoms with Gasteiger partial charge in [-0.15, -0.1) is 0 Å². The van der Waals surface area contributed by atoms with Gasteiger partial charge in [-0.05, 0) is 63.9 Å². The van der Waals surface area contributed by atoms with Crippen LogP contribution >= 0.6 is 0 Å². The first kappa shape index (κ1) is 14.9. The molecule has 0 amide bonds. The summed E-state index contributed by atoms with van der Waals surface area (Å²) in [6.45, 7) is 2.22. The van der Waals surface area contributed by atoms with Crippen molar-refractivity contribution < 1.29 is 0 Å². The maximum Gasteiger partial charge on any atom is 0.0388 e. The van der Waals surface area contributed by atoms with E-state index < -0.39 is 0 Å². The number of benzene rings is 1. The van der Waals surface area contributed by atoms with Gasteiger partial charge in [-0.25, -0.2) is 0 Å². The number of anilines is 1. The zero-order valence-corrected chi connectivity index (χ0v) is 13.4. The highest BCUT2D eigenvalue weighted by molar-refractivity contribution is 5.52. The number of nitrogens with one attached hydrogen (secondary N) is 2. The van der Waals surface area contributed by atoms with Gasteiger partial charge < -0.3 is 15.5 Å². The minimum atomic E-state index is 0.643. The first-order chi connectivity index (χ1) is 10.2. The first-order valence-corrected chi connectivity index (χ1v) is 8.46. The monoisotopic (exact) mass is 287 g/mol. The summed E-state index contributed by atoms with van der Waals surface area (Å²) in [5, 5.41) is 7.59. The molecule has 3 nitrogen and oxygen atoms in total. The minimum absolute atomic E-state index is 0.643. The summed E-state index contributed by atoms with van der Waals surface area (Å²) in [5.74, 6) is 0.805. The summed E-state index contributed by atoms with van der Waals surface area (Å²) >= 11 is 0. The molecule has 2 aliphatic rings. The molecule has 0 radical (unpaired) electrons. The Morgan fingerprint density at radius 2 is 2.00 bits per heavy atom. The molecule has 1 aromatic carbocycles. The summed E-state index contributed by atoms with van der Waals surface area (Å²) in [5.41, 5.74) is 2.74. The molecule has 1 aliphatic carbocycles. The molecule has 3 unspecified atom stereocenters. The Labute approximate surface area is 129 Å². The van der Waals surface area contributed by atoms with Crippen LogP contribution < -0.4 is 10.6 Å². The molecule has 2 fully saturated rings. The average Bonchev–Trinajstić information content (AvgIpc) is 3.10. The van der Waals surface area contributed by atoms with Crippen LogP contribution in [-0.2, 0) is 6.54 Å². The van der Waals surface area contributed by atoms with Crippen molar-refractivity contribution >= 4 is 5.69 Å². The second-order valence-corrected chi connectivity index (χ2v) is 6.94. The molecule has 116 valence electrons. The van der Waals surface area contributed by atoms with Crippen molar-refractivity contribution in [1.82, 2.24) is 10.2 Å². The van der Waals surface area contributed by atoms with Crippen LogP contribution in [0.1, 0.15) is 37.7 Å². The summed E-state index contributed by atoms with van der Waals surface area (Å²) < 4.78 is 0. The zero-order valence-electron chi connectivity index (χ0n) is 13.4. The lowest BCUT2D eigenvalue weighted by Gasteiger charge is -2.28. The van der Waals surface area contributed by atoms with Crippen LogP contribution in [0.2, 0.25) is 0 Å². The third-order valence-corrected chi connectivity index (χ3v) is 5.03. The lowest BCUT2D eigenvalue weighted by molar-refractivity contribution is 0.375. The normalized spacial score (nSPS) is 29.2. The van der Waals surface area contributed by atoms with Crippen molar-refractivity contribution in [2.75, 3.05) is 26.0 Å². The van der Waals surface area contributed by atoms with E-state index in [1.54, 1.807) is 0 Å². The van der Waals surface area contributed by atoms with Crippen LogP contribution in [0.25, 0.3) is 0 Å². The smallest absolute Gasteiger partial charge is 0.0388 e. The maximum atomic E-state index is 3.88. The Morgan fingerprint density at radius 1 is 1.14 bits per heavy atom. The molecular formula is C18H29N3. The highest BCUT2D eigenvalue weighted by atomic mass is 15.1. The summed E-state index contributed by atoms with van der Waals surface area (Å²) in [7, 11) is 4.27. The molecule has 2 N–H and O–H groups in total. The molecular weight excluding hydrogens is 258 g/mol. The summed E-state index contributed by atoms with van der Waals surface area (Å²) in [4.78, 5) is 2.24. The van der Waals surface area contributed by atoms with E-state index in [-0.39, 0.29) is 0 Å². The van der Waals surface area contributed by atoms with Gasteiger partial charge in [0.2, 0.25) is 0 Å². The lowest BCUT2D eigenvalue weighted by Crippen LogP contribution is -2.38. The zero-order chi connectivity index (χ0) is 14.7. The SMILES string of the molecule is CN(C)Cc1ccccc1NC1CCCC1C1CCCN1. The number of hydrogen-bond donors (Lipinski definition) is 2. The van der Waals surface area contributed by atoms with E-state index in [0.29, 0.717) is 6.04 Å². The van der Waals surface area contributed by atoms with E-state index in [9.17, 15) is 0 Å². The van der Waals surface area contributed by atoms with Gasteiger partial charge in [-0.1, -0.05) is 24.6 Å². The van der Waals surface area contributed by atoms with E-state index in [2.05, 4.69) is 53.9 Å². The molecule has 0 bridgehead atoms. The van der Waals surface area contributed by atoms with Crippen LogP contribution in [0.3, 0.4) is 0 Å². The maximum absolute atomic E-state index is 3.88. The third-order valence-electron chi connectivity index (χ3n) is 5.03. The fourth-order valence-electron chi connectivity index (χ4n) is 4.07.